The van der Waals surface area contributed by atoms with Crippen molar-refractivity contribution in [3.8, 4) is 0 Å². The van der Waals surface area contributed by atoms with Crippen LogP contribution in [0.25, 0.3) is 0 Å². The SMILES string of the molecule is CC(C)C1CCN(C(C)C)C2(CC2)C1.CC(C)C1CCN(C(C)C)C2(CCC2)C1.CC(C)C1CCN(C(C)C)C2(CCCCC2)C1.CC(C)[C@@H]1CCN(C(C)C)C2(CC2)C1.CC(C)[C@@H]1CCN(C(C)C)C2(CCC2)C1.CC(C)[C@@H]1CCN(C(C)C)C2(CCCCC2)C1.CC(C)[C@H]1CCN(C(C)C)C2(CC2)C1.CC(C)[C@H]1CCN(C(C)C)C2(CCC2)C1.CC(C)[C@H]1CCN(C(C)C)C2(CCCCC2)C1. The summed E-state index contributed by atoms with van der Waals surface area (Å²) in [7, 11) is 0. The highest BCUT2D eigenvalue weighted by atomic mass is 15.3. The monoisotopic (exact) mass is 1920 g/mol. The molecule has 3 unspecified atom stereocenters. The molecule has 810 valence electrons. The van der Waals surface area contributed by atoms with Gasteiger partial charge in [0.15, 0.2) is 0 Å². The van der Waals surface area contributed by atoms with Crippen molar-refractivity contribution in [1.29, 1.82) is 0 Å². The van der Waals surface area contributed by atoms with E-state index in [9.17, 15) is 0 Å². The average Bonchev–Trinajstić information content (AvgIpc) is 1.48. The minimum atomic E-state index is 0.583. The normalized spacial score (nSPS) is 31.0. The van der Waals surface area contributed by atoms with Gasteiger partial charge in [-0.2, -0.15) is 0 Å². The van der Waals surface area contributed by atoms with Crippen molar-refractivity contribution in [3.63, 3.8) is 0 Å². The van der Waals surface area contributed by atoms with Gasteiger partial charge in [-0.15, -0.1) is 0 Å². The molecule has 9 aliphatic heterocycles. The zero-order chi connectivity index (χ0) is 102. The second-order valence-electron chi connectivity index (χ2n) is 58.3. The number of piperidine rings is 9. The van der Waals surface area contributed by atoms with Crippen LogP contribution in [0, 0.1) is 107 Å². The van der Waals surface area contributed by atoms with Crippen molar-refractivity contribution < 1.29 is 0 Å². The number of hydrogen-bond acceptors (Lipinski definition) is 9. The molecule has 18 fully saturated rings. The Morgan fingerprint density at radius 2 is 0.217 bits per heavy atom. The Morgan fingerprint density at radius 1 is 0.123 bits per heavy atom. The van der Waals surface area contributed by atoms with Crippen LogP contribution in [0.5, 0.6) is 0 Å². The zero-order valence-corrected chi connectivity index (χ0v) is 100. The number of likely N-dealkylation sites (tertiary alicyclic amines) is 9. The Balaban J connectivity index is 0.000000160. The number of nitrogens with zero attached hydrogens (tertiary/aromatic N) is 9. The second-order valence-corrected chi connectivity index (χ2v) is 58.3. The molecule has 0 amide bonds. The molecular weight excluding hydrogens is 1680 g/mol. The maximum absolute atomic E-state index is 2.85. The van der Waals surface area contributed by atoms with Gasteiger partial charge in [0.2, 0.25) is 0 Å². The largest absolute Gasteiger partial charge is 0.295 e. The van der Waals surface area contributed by atoms with Gasteiger partial charge < -0.3 is 0 Å². The van der Waals surface area contributed by atoms with E-state index in [4.69, 9.17) is 0 Å². The summed E-state index contributed by atoms with van der Waals surface area (Å²) in [5, 5.41) is 0. The van der Waals surface area contributed by atoms with Gasteiger partial charge >= 0.3 is 0 Å². The summed E-state index contributed by atoms with van der Waals surface area (Å²) in [5.41, 5.74) is 5.59. The second kappa shape index (κ2) is 52.6. The molecule has 9 aliphatic carbocycles. The molecule has 18 rings (SSSR count). The predicted molar refractivity (Wildman–Crippen MR) is 608 cm³/mol. The van der Waals surface area contributed by atoms with Crippen LogP contribution in [0.2, 0.25) is 0 Å². The van der Waals surface area contributed by atoms with Gasteiger partial charge in [0, 0.05) is 104 Å². The Bertz CT molecular complexity index is 3010. The van der Waals surface area contributed by atoms with Gasteiger partial charge in [0.25, 0.3) is 0 Å². The molecule has 138 heavy (non-hydrogen) atoms. The van der Waals surface area contributed by atoms with Gasteiger partial charge in [-0.05, 0) is 540 Å². The molecular formula is C129H249N9. The van der Waals surface area contributed by atoms with Crippen molar-refractivity contribution in [2.45, 2.75) is 662 Å². The Kier molecular flexibility index (Phi) is 45.5. The molecule has 0 aromatic rings. The van der Waals surface area contributed by atoms with Crippen LogP contribution in [0.4, 0.5) is 0 Å². The third-order valence-electron chi connectivity index (χ3n) is 43.7. The van der Waals surface area contributed by atoms with E-state index in [1.807, 2.05) is 0 Å². The maximum atomic E-state index is 2.85. The molecule has 9 nitrogen and oxygen atoms in total. The Labute approximate surface area is 865 Å². The molecule has 9 atom stereocenters. The van der Waals surface area contributed by atoms with E-state index in [1.54, 1.807) is 0 Å². The van der Waals surface area contributed by atoms with Crippen molar-refractivity contribution in [1.82, 2.24) is 44.1 Å². The van der Waals surface area contributed by atoms with E-state index in [2.05, 4.69) is 293 Å². The van der Waals surface area contributed by atoms with E-state index >= 15 is 0 Å². The highest BCUT2D eigenvalue weighted by molar-refractivity contribution is 5.13. The van der Waals surface area contributed by atoms with Crippen LogP contribution < -0.4 is 0 Å². The zero-order valence-electron chi connectivity index (χ0n) is 100. The molecule has 0 radical (unpaired) electrons. The van der Waals surface area contributed by atoms with E-state index in [1.165, 1.54) is 367 Å². The molecule has 9 spiro atoms. The smallest absolute Gasteiger partial charge is 0.0216 e. The quantitative estimate of drug-likeness (QED) is 0.133. The van der Waals surface area contributed by atoms with Crippen molar-refractivity contribution >= 4 is 0 Å². The van der Waals surface area contributed by atoms with Crippen molar-refractivity contribution in [2.75, 3.05) is 58.9 Å². The van der Waals surface area contributed by atoms with Gasteiger partial charge in [-0.25, -0.2) is 0 Å². The summed E-state index contributed by atoms with van der Waals surface area (Å²) in [4.78, 5) is 25.3. The number of rotatable bonds is 18. The highest BCUT2D eigenvalue weighted by Crippen LogP contribution is 2.58. The Morgan fingerprint density at radius 3 is 0.290 bits per heavy atom. The first-order valence-corrected chi connectivity index (χ1v) is 62.9. The van der Waals surface area contributed by atoms with Gasteiger partial charge in [0.1, 0.15) is 0 Å². The predicted octanol–water partition coefficient (Wildman–Crippen LogP) is 34.3. The lowest BCUT2D eigenvalue weighted by Crippen LogP contribution is -2.60. The molecule has 0 aromatic carbocycles. The van der Waals surface area contributed by atoms with Crippen LogP contribution in [0.1, 0.15) is 557 Å². The minimum Gasteiger partial charge on any atom is -0.295 e. The van der Waals surface area contributed by atoms with Crippen LogP contribution >= 0.6 is 0 Å². The summed E-state index contributed by atoms with van der Waals surface area (Å²) in [6.07, 6.45) is 70.1. The molecule has 9 heteroatoms. The maximum Gasteiger partial charge on any atom is 0.0216 e. The lowest BCUT2D eigenvalue weighted by molar-refractivity contribution is -0.0643. The topological polar surface area (TPSA) is 29.2 Å². The summed E-state index contributed by atoms with van der Waals surface area (Å²) < 4.78 is 0. The molecule has 18 aliphatic rings. The third kappa shape index (κ3) is 30.3. The first-order valence-electron chi connectivity index (χ1n) is 62.9. The lowest BCUT2D eigenvalue weighted by atomic mass is 9.65. The first kappa shape index (κ1) is 120. The van der Waals surface area contributed by atoms with Crippen molar-refractivity contribution in [3.05, 3.63) is 0 Å². The fraction of sp³-hybridized carbons (Fsp3) is 1.00. The minimum absolute atomic E-state index is 0.583. The van der Waals surface area contributed by atoms with E-state index in [0.29, 0.717) is 49.9 Å². The standard InChI is InChI=1S/3C16H31N.3C14H27N.3C13H25N/c3*1-13(2)15-8-11-17(14(3)4)16(12-15)9-6-5-7-10-16;3*1-11(2)13-6-9-15(12(3)4)14(10-13)7-5-8-14;3*1-10(2)12-5-8-14(11(3)4)13(9-12)6-7-13/h3*13-15H,5-12H2,1-4H3;3*11-13H,5-10H2,1-4H3;3*10-12H,5-9H2,1-4H3/t2*15-;;2*13-;;2*12-;/m10.10.10./s1. The lowest BCUT2D eigenvalue weighted by Gasteiger charge is -2.57. The molecule has 9 saturated carbocycles. The summed E-state index contributed by atoms with van der Waals surface area (Å²) in [6.45, 7) is 98.2. The van der Waals surface area contributed by atoms with Crippen LogP contribution in [0.15, 0.2) is 0 Å². The van der Waals surface area contributed by atoms with Crippen LogP contribution in [-0.4, -0.2) is 207 Å². The molecule has 9 heterocycles. The third-order valence-corrected chi connectivity index (χ3v) is 43.7. The fourth-order valence-corrected chi connectivity index (χ4v) is 33.9. The van der Waals surface area contributed by atoms with Crippen LogP contribution in [0.3, 0.4) is 0 Å². The van der Waals surface area contributed by atoms with Gasteiger partial charge in [0.05, 0.1) is 0 Å². The van der Waals surface area contributed by atoms with Crippen LogP contribution in [-0.2, 0) is 0 Å². The fourth-order valence-electron chi connectivity index (χ4n) is 33.9. The molecule has 0 bridgehead atoms. The molecule has 9 saturated heterocycles. The Hall–Kier alpha value is -0.360. The summed E-state index contributed by atoms with van der Waals surface area (Å²) in [5.74, 6) is 16.8. The molecule has 0 aromatic heterocycles. The summed E-state index contributed by atoms with van der Waals surface area (Å²) in [6, 6.07) is 6.72. The van der Waals surface area contributed by atoms with E-state index in [-0.39, 0.29) is 0 Å². The average molecular weight is 1930 g/mol. The highest BCUT2D eigenvalue weighted by Gasteiger charge is 2.58. The summed E-state index contributed by atoms with van der Waals surface area (Å²) >= 11 is 0. The van der Waals surface area contributed by atoms with Crippen molar-refractivity contribution in [2.24, 2.45) is 107 Å². The van der Waals surface area contributed by atoms with Gasteiger partial charge in [-0.1, -0.05) is 182 Å². The first-order chi connectivity index (χ1) is 65.0. The van der Waals surface area contributed by atoms with E-state index < -0.39 is 0 Å². The van der Waals surface area contributed by atoms with Gasteiger partial charge in [-0.3, -0.25) is 44.1 Å². The van der Waals surface area contributed by atoms with E-state index in [0.717, 1.165) is 161 Å². The number of hydrogen-bond donors (Lipinski definition) is 0. The molecule has 0 N–H and O–H groups in total.